The Hall–Kier alpha value is -3.66. The van der Waals surface area contributed by atoms with Crippen LogP contribution in [-0.4, -0.2) is 21.9 Å². The molecule has 0 radical (unpaired) electrons. The van der Waals surface area contributed by atoms with E-state index in [1.807, 2.05) is 30.3 Å². The highest BCUT2D eigenvalue weighted by Crippen LogP contribution is 2.37. The standard InChI is InChI=1S/C25H21N3O/c1-17-7-6-8-18(13-17)15-28-16-22-24(19-9-4-3-5-10-19)26-27-25(22)21-14-20(29-2)11-12-23(21)28/h3-14,16H,15H2,1-2H3. The number of pyridine rings is 1. The highest BCUT2D eigenvalue weighted by atomic mass is 16.5. The molecule has 5 rings (SSSR count). The van der Waals surface area contributed by atoms with Crippen molar-refractivity contribution in [1.82, 2.24) is 14.8 Å². The third-order valence-corrected chi connectivity index (χ3v) is 5.30. The van der Waals surface area contributed by atoms with Crippen LogP contribution in [0.4, 0.5) is 0 Å². The second-order valence-corrected chi connectivity index (χ2v) is 7.31. The number of rotatable bonds is 4. The fourth-order valence-corrected chi connectivity index (χ4v) is 3.90. The van der Waals surface area contributed by atoms with Crippen LogP contribution in [-0.2, 0) is 6.54 Å². The predicted molar refractivity (Wildman–Crippen MR) is 116 cm³/mol. The van der Waals surface area contributed by atoms with Crippen LogP contribution in [0, 0.1) is 6.92 Å². The largest absolute Gasteiger partial charge is 0.497 e. The molecule has 2 heterocycles. The van der Waals surface area contributed by atoms with Gasteiger partial charge in [-0.3, -0.25) is 0 Å². The second kappa shape index (κ2) is 7.06. The zero-order valence-corrected chi connectivity index (χ0v) is 16.5. The van der Waals surface area contributed by atoms with Gasteiger partial charge in [0.05, 0.1) is 12.6 Å². The number of hydrogen-bond acceptors (Lipinski definition) is 3. The van der Waals surface area contributed by atoms with Crippen LogP contribution in [0.3, 0.4) is 0 Å². The molecule has 0 spiro atoms. The third kappa shape index (κ3) is 3.13. The van der Waals surface area contributed by atoms with Gasteiger partial charge in [-0.25, -0.2) is 0 Å². The maximum absolute atomic E-state index is 5.48. The Morgan fingerprint density at radius 3 is 2.48 bits per heavy atom. The molecule has 0 unspecified atom stereocenters. The number of hydrogen-bond donors (Lipinski definition) is 0. The Labute approximate surface area is 169 Å². The summed E-state index contributed by atoms with van der Waals surface area (Å²) in [6, 6.07) is 25.0. The summed E-state index contributed by atoms with van der Waals surface area (Å²) in [6.45, 7) is 2.90. The van der Waals surface area contributed by atoms with Crippen LogP contribution in [0.25, 0.3) is 33.4 Å². The minimum atomic E-state index is 0.778. The summed E-state index contributed by atoms with van der Waals surface area (Å²) in [6.07, 6.45) is 2.18. The number of aromatic nitrogens is 3. The van der Waals surface area contributed by atoms with E-state index in [9.17, 15) is 0 Å². The van der Waals surface area contributed by atoms with Gasteiger partial charge in [0.25, 0.3) is 0 Å². The van der Waals surface area contributed by atoms with Crippen LogP contribution in [0.1, 0.15) is 11.1 Å². The molecule has 0 atom stereocenters. The van der Waals surface area contributed by atoms with Crippen LogP contribution >= 0.6 is 0 Å². The van der Waals surface area contributed by atoms with Crippen LogP contribution in [0.15, 0.2) is 79.0 Å². The lowest BCUT2D eigenvalue weighted by molar-refractivity contribution is 0.415. The quantitative estimate of drug-likeness (QED) is 0.410. The number of ether oxygens (including phenoxy) is 1. The first-order valence-electron chi connectivity index (χ1n) is 9.67. The highest BCUT2D eigenvalue weighted by Gasteiger charge is 2.20. The molecule has 0 saturated heterocycles. The Morgan fingerprint density at radius 2 is 1.69 bits per heavy atom. The Bertz CT molecular complexity index is 1270. The van der Waals surface area contributed by atoms with E-state index in [1.54, 1.807) is 7.11 Å². The van der Waals surface area contributed by atoms with Gasteiger partial charge in [-0.15, -0.1) is 10.2 Å². The number of methoxy groups -OCH3 is 1. The summed E-state index contributed by atoms with van der Waals surface area (Å²) < 4.78 is 7.76. The fourth-order valence-electron chi connectivity index (χ4n) is 3.90. The van der Waals surface area contributed by atoms with E-state index in [0.717, 1.165) is 45.7 Å². The molecular weight excluding hydrogens is 358 g/mol. The molecule has 29 heavy (non-hydrogen) atoms. The Balaban J connectivity index is 1.75. The number of nitrogens with zero attached hydrogens (tertiary/aromatic N) is 3. The first kappa shape index (κ1) is 17.4. The normalized spacial score (nSPS) is 11.2. The van der Waals surface area contributed by atoms with Crippen molar-refractivity contribution in [2.75, 3.05) is 7.11 Å². The number of benzene rings is 3. The van der Waals surface area contributed by atoms with Crippen molar-refractivity contribution in [2.45, 2.75) is 13.5 Å². The first-order valence-corrected chi connectivity index (χ1v) is 9.67. The lowest BCUT2D eigenvalue weighted by Gasteiger charge is -2.16. The minimum Gasteiger partial charge on any atom is -0.497 e. The van der Waals surface area contributed by atoms with E-state index in [4.69, 9.17) is 4.74 Å². The minimum absolute atomic E-state index is 0.778. The molecule has 2 aliphatic rings. The van der Waals surface area contributed by atoms with Gasteiger partial charge in [-0.1, -0.05) is 60.2 Å². The highest BCUT2D eigenvalue weighted by molar-refractivity contribution is 5.98. The average molecular weight is 379 g/mol. The maximum atomic E-state index is 5.48. The lowest BCUT2D eigenvalue weighted by Crippen LogP contribution is -2.04. The smallest absolute Gasteiger partial charge is 0.119 e. The lowest BCUT2D eigenvalue weighted by atomic mass is 10.0. The third-order valence-electron chi connectivity index (χ3n) is 5.30. The van der Waals surface area contributed by atoms with Crippen LogP contribution in [0.2, 0.25) is 0 Å². The summed E-state index contributed by atoms with van der Waals surface area (Å²) >= 11 is 0. The molecule has 0 fully saturated rings. The van der Waals surface area contributed by atoms with Crippen molar-refractivity contribution in [3.05, 3.63) is 90.1 Å². The molecule has 4 heteroatoms. The van der Waals surface area contributed by atoms with E-state index in [0.29, 0.717) is 0 Å². The summed E-state index contributed by atoms with van der Waals surface area (Å²) in [5, 5.41) is 10.1. The molecule has 3 aromatic carbocycles. The number of fused-ring (bicyclic) bond motifs is 3. The van der Waals surface area contributed by atoms with Gasteiger partial charge in [0.1, 0.15) is 17.1 Å². The van der Waals surface area contributed by atoms with Crippen LogP contribution in [0.5, 0.6) is 5.75 Å². The van der Waals surface area contributed by atoms with Gasteiger partial charge in [0.2, 0.25) is 0 Å². The van der Waals surface area contributed by atoms with Gasteiger partial charge in [-0.2, -0.15) is 0 Å². The second-order valence-electron chi connectivity index (χ2n) is 7.31. The molecule has 4 nitrogen and oxygen atoms in total. The summed E-state index contributed by atoms with van der Waals surface area (Å²) in [5.41, 5.74) is 7.56. The van der Waals surface area contributed by atoms with Gasteiger partial charge >= 0.3 is 0 Å². The SMILES string of the molecule is COc1ccc2c(c1)c1nnc(-c3ccccc3)c-1cn2Cc1cccc(C)c1. The molecule has 142 valence electrons. The zero-order chi connectivity index (χ0) is 19.8. The summed E-state index contributed by atoms with van der Waals surface area (Å²) in [5.74, 6) is 0.816. The molecule has 3 aromatic rings. The first-order chi connectivity index (χ1) is 14.2. The fraction of sp³-hybridized carbons (Fsp3) is 0.120. The van der Waals surface area contributed by atoms with E-state index < -0.39 is 0 Å². The van der Waals surface area contributed by atoms with Crippen molar-refractivity contribution in [3.63, 3.8) is 0 Å². The van der Waals surface area contributed by atoms with Crippen molar-refractivity contribution in [3.8, 4) is 28.3 Å². The average Bonchev–Trinajstić information content (AvgIpc) is 3.18. The summed E-state index contributed by atoms with van der Waals surface area (Å²) in [4.78, 5) is 0. The molecule has 2 aliphatic heterocycles. The van der Waals surface area contributed by atoms with Crippen molar-refractivity contribution in [2.24, 2.45) is 0 Å². The monoisotopic (exact) mass is 379 g/mol. The van der Waals surface area contributed by atoms with Gasteiger partial charge in [0.15, 0.2) is 0 Å². The van der Waals surface area contributed by atoms with Crippen molar-refractivity contribution >= 4 is 10.9 Å². The zero-order valence-electron chi connectivity index (χ0n) is 16.5. The topological polar surface area (TPSA) is 39.9 Å². The van der Waals surface area contributed by atoms with Crippen LogP contribution < -0.4 is 4.74 Å². The predicted octanol–water partition coefficient (Wildman–Crippen LogP) is 5.57. The molecule has 0 aliphatic carbocycles. The van der Waals surface area contributed by atoms with E-state index in [2.05, 4.69) is 70.3 Å². The Kier molecular flexibility index (Phi) is 4.24. The number of aryl methyl sites for hydroxylation is 1. The van der Waals surface area contributed by atoms with E-state index in [1.165, 1.54) is 11.1 Å². The molecule has 0 bridgehead atoms. The molecule has 0 N–H and O–H groups in total. The van der Waals surface area contributed by atoms with Gasteiger partial charge in [0, 0.05) is 29.3 Å². The van der Waals surface area contributed by atoms with Gasteiger partial charge < -0.3 is 9.30 Å². The maximum Gasteiger partial charge on any atom is 0.119 e. The van der Waals surface area contributed by atoms with E-state index >= 15 is 0 Å². The molecule has 0 amide bonds. The molecule has 0 aromatic heterocycles. The summed E-state index contributed by atoms with van der Waals surface area (Å²) in [7, 11) is 1.69. The molecular formula is C25H21N3O. The van der Waals surface area contributed by atoms with Crippen molar-refractivity contribution < 1.29 is 4.74 Å². The Morgan fingerprint density at radius 1 is 0.862 bits per heavy atom. The van der Waals surface area contributed by atoms with Gasteiger partial charge in [-0.05, 0) is 30.7 Å². The van der Waals surface area contributed by atoms with Crippen molar-refractivity contribution in [1.29, 1.82) is 0 Å². The van der Waals surface area contributed by atoms with E-state index in [-0.39, 0.29) is 0 Å². The molecule has 0 saturated carbocycles.